The van der Waals surface area contributed by atoms with Gasteiger partial charge in [0.15, 0.2) is 0 Å². The van der Waals surface area contributed by atoms with Crippen LogP contribution in [0.25, 0.3) is 0 Å². The first-order valence-corrected chi connectivity index (χ1v) is 4.06. The largest absolute Gasteiger partial charge is 0.359 e. The number of nitrogens with zero attached hydrogens (tertiary/aromatic N) is 2. The fraction of sp³-hybridized carbons (Fsp3) is 0.400. The monoisotopic (exact) mass is 176 g/mol. The Morgan fingerprint density at radius 3 is 3.09 bits per heavy atom. The SMILES string of the molecule is CCn1cnc(OS(=O)O)c1. The number of aromatic nitrogens is 2. The molecule has 0 aliphatic carbocycles. The summed E-state index contributed by atoms with van der Waals surface area (Å²) in [4.78, 5) is 3.71. The lowest BCUT2D eigenvalue weighted by atomic mass is 10.7. The van der Waals surface area contributed by atoms with Crippen LogP contribution in [0.1, 0.15) is 6.92 Å². The third-order valence-corrected chi connectivity index (χ3v) is 1.44. The van der Waals surface area contributed by atoms with Crippen LogP contribution in [0, 0.1) is 0 Å². The van der Waals surface area contributed by atoms with E-state index in [0.717, 1.165) is 6.54 Å². The smallest absolute Gasteiger partial charge is 0.358 e. The molecule has 1 aromatic rings. The molecule has 1 heterocycles. The predicted octanol–water partition coefficient (Wildman–Crippen LogP) is 0.418. The van der Waals surface area contributed by atoms with E-state index < -0.39 is 11.4 Å². The standard InChI is InChI=1S/C5H8N2O3S/c1-2-7-3-5(6-4-7)10-11(8)9/h3-4H,2H2,1H3,(H,8,9). The zero-order valence-corrected chi connectivity index (χ0v) is 6.74. The minimum atomic E-state index is -2.28. The van der Waals surface area contributed by atoms with Gasteiger partial charge in [-0.15, -0.1) is 0 Å². The lowest BCUT2D eigenvalue weighted by Gasteiger charge is -1.92. The number of aryl methyl sites for hydroxylation is 1. The Bertz CT molecular complexity index is 260. The Hall–Kier alpha value is -0.880. The molecule has 1 rings (SSSR count). The van der Waals surface area contributed by atoms with E-state index in [1.807, 2.05) is 6.92 Å². The second-order valence-electron chi connectivity index (χ2n) is 1.84. The molecular weight excluding hydrogens is 168 g/mol. The van der Waals surface area contributed by atoms with Crippen molar-refractivity contribution in [2.45, 2.75) is 13.5 Å². The maximum atomic E-state index is 10.1. The molecule has 0 saturated carbocycles. The molecule has 5 nitrogen and oxygen atoms in total. The van der Waals surface area contributed by atoms with Gasteiger partial charge in [-0.3, -0.25) is 4.55 Å². The summed E-state index contributed by atoms with van der Waals surface area (Å²) in [6, 6.07) is 0. The molecular formula is C5H8N2O3S. The number of rotatable bonds is 3. The van der Waals surface area contributed by atoms with Gasteiger partial charge in [0.1, 0.15) is 0 Å². The normalized spacial score (nSPS) is 12.9. The molecule has 0 bridgehead atoms. The topological polar surface area (TPSA) is 64.4 Å². The average Bonchev–Trinajstić information content (AvgIpc) is 2.34. The summed E-state index contributed by atoms with van der Waals surface area (Å²) in [6.45, 7) is 2.69. The molecule has 0 aromatic carbocycles. The van der Waals surface area contributed by atoms with Crippen LogP contribution in [0.5, 0.6) is 5.88 Å². The molecule has 0 aliphatic heterocycles. The van der Waals surface area contributed by atoms with Gasteiger partial charge in [-0.05, 0) is 6.92 Å². The van der Waals surface area contributed by atoms with Crippen LogP contribution in [-0.2, 0) is 17.9 Å². The first kappa shape index (κ1) is 8.22. The van der Waals surface area contributed by atoms with Crippen molar-refractivity contribution in [3.05, 3.63) is 12.5 Å². The number of imidazole rings is 1. The molecule has 0 saturated heterocycles. The predicted molar refractivity (Wildman–Crippen MR) is 39.3 cm³/mol. The Balaban J connectivity index is 2.65. The molecule has 0 spiro atoms. The van der Waals surface area contributed by atoms with E-state index in [0.29, 0.717) is 0 Å². The first-order chi connectivity index (χ1) is 5.22. The Labute approximate surface area is 66.5 Å². The molecule has 0 aliphatic rings. The fourth-order valence-corrected chi connectivity index (χ4v) is 0.861. The summed E-state index contributed by atoms with van der Waals surface area (Å²) in [5.74, 6) is 0.160. The molecule has 0 fully saturated rings. The van der Waals surface area contributed by atoms with Crippen molar-refractivity contribution >= 4 is 11.4 Å². The molecule has 6 heteroatoms. The summed E-state index contributed by atoms with van der Waals surface area (Å²) in [5.41, 5.74) is 0. The van der Waals surface area contributed by atoms with Gasteiger partial charge < -0.3 is 8.75 Å². The van der Waals surface area contributed by atoms with Crippen LogP contribution in [0.2, 0.25) is 0 Å². The van der Waals surface area contributed by atoms with Gasteiger partial charge in [0.2, 0.25) is 0 Å². The zero-order chi connectivity index (χ0) is 8.27. The molecule has 11 heavy (non-hydrogen) atoms. The lowest BCUT2D eigenvalue weighted by Crippen LogP contribution is -1.97. The summed E-state index contributed by atoms with van der Waals surface area (Å²) in [7, 11) is 0. The minimum absolute atomic E-state index is 0.160. The molecule has 1 unspecified atom stereocenters. The van der Waals surface area contributed by atoms with Crippen molar-refractivity contribution in [2.75, 3.05) is 0 Å². The van der Waals surface area contributed by atoms with E-state index in [4.69, 9.17) is 4.55 Å². The Morgan fingerprint density at radius 2 is 2.64 bits per heavy atom. The second-order valence-corrected chi connectivity index (χ2v) is 2.44. The maximum Gasteiger partial charge on any atom is 0.359 e. The van der Waals surface area contributed by atoms with Crippen molar-refractivity contribution in [3.8, 4) is 5.88 Å². The first-order valence-electron chi connectivity index (χ1n) is 3.03. The van der Waals surface area contributed by atoms with Crippen molar-refractivity contribution in [1.82, 2.24) is 9.55 Å². The Kier molecular flexibility index (Phi) is 2.61. The number of hydrogen-bond donors (Lipinski definition) is 1. The van der Waals surface area contributed by atoms with E-state index in [1.165, 1.54) is 6.33 Å². The Morgan fingerprint density at radius 1 is 1.91 bits per heavy atom. The van der Waals surface area contributed by atoms with Gasteiger partial charge in [0.25, 0.3) is 5.88 Å². The molecule has 0 radical (unpaired) electrons. The third-order valence-electron chi connectivity index (χ3n) is 1.13. The van der Waals surface area contributed by atoms with E-state index in [9.17, 15) is 4.21 Å². The average molecular weight is 176 g/mol. The van der Waals surface area contributed by atoms with Crippen molar-refractivity contribution < 1.29 is 12.9 Å². The van der Waals surface area contributed by atoms with Crippen LogP contribution in [-0.4, -0.2) is 18.3 Å². The van der Waals surface area contributed by atoms with Crippen molar-refractivity contribution in [2.24, 2.45) is 0 Å². The summed E-state index contributed by atoms with van der Waals surface area (Å²) >= 11 is -2.28. The third kappa shape index (κ3) is 2.32. The van der Waals surface area contributed by atoms with E-state index in [-0.39, 0.29) is 5.88 Å². The number of hydrogen-bond acceptors (Lipinski definition) is 3. The van der Waals surface area contributed by atoms with Gasteiger partial charge in [-0.25, -0.2) is 4.98 Å². The van der Waals surface area contributed by atoms with Crippen molar-refractivity contribution in [1.29, 1.82) is 0 Å². The second kappa shape index (κ2) is 3.49. The fourth-order valence-electron chi connectivity index (χ4n) is 0.629. The highest BCUT2D eigenvalue weighted by molar-refractivity contribution is 7.74. The molecule has 62 valence electrons. The van der Waals surface area contributed by atoms with Crippen LogP contribution < -0.4 is 4.18 Å². The van der Waals surface area contributed by atoms with Gasteiger partial charge >= 0.3 is 11.4 Å². The van der Waals surface area contributed by atoms with E-state index in [1.54, 1.807) is 10.8 Å². The van der Waals surface area contributed by atoms with Crippen LogP contribution in [0.4, 0.5) is 0 Å². The highest BCUT2D eigenvalue weighted by Gasteiger charge is 2.00. The van der Waals surface area contributed by atoms with Crippen LogP contribution >= 0.6 is 0 Å². The maximum absolute atomic E-state index is 10.1. The summed E-state index contributed by atoms with van der Waals surface area (Å²) in [5, 5.41) is 0. The van der Waals surface area contributed by atoms with Gasteiger partial charge in [0, 0.05) is 6.54 Å². The molecule has 0 amide bonds. The molecule has 1 N–H and O–H groups in total. The molecule has 1 atom stereocenters. The quantitative estimate of drug-likeness (QED) is 0.678. The molecule has 1 aromatic heterocycles. The highest BCUT2D eigenvalue weighted by atomic mass is 32.2. The summed E-state index contributed by atoms with van der Waals surface area (Å²) in [6.07, 6.45) is 3.08. The summed E-state index contributed by atoms with van der Waals surface area (Å²) < 4.78 is 24.5. The van der Waals surface area contributed by atoms with Crippen LogP contribution in [0.15, 0.2) is 12.5 Å². The van der Waals surface area contributed by atoms with E-state index >= 15 is 0 Å². The van der Waals surface area contributed by atoms with Gasteiger partial charge in [-0.2, -0.15) is 4.21 Å². The van der Waals surface area contributed by atoms with Gasteiger partial charge in [0.05, 0.1) is 12.5 Å². The van der Waals surface area contributed by atoms with Crippen LogP contribution in [0.3, 0.4) is 0 Å². The minimum Gasteiger partial charge on any atom is -0.358 e. The van der Waals surface area contributed by atoms with Crippen molar-refractivity contribution in [3.63, 3.8) is 0 Å². The lowest BCUT2D eigenvalue weighted by molar-refractivity contribution is 0.450. The van der Waals surface area contributed by atoms with Gasteiger partial charge in [-0.1, -0.05) is 0 Å². The highest BCUT2D eigenvalue weighted by Crippen LogP contribution is 2.05. The van der Waals surface area contributed by atoms with E-state index in [2.05, 4.69) is 9.17 Å². The zero-order valence-electron chi connectivity index (χ0n) is 5.93.